The molecule has 3 aromatic heterocycles. The number of ether oxygens (including phenoxy) is 1. The fraction of sp³-hybridized carbons (Fsp3) is 0.163. The predicted octanol–water partition coefficient (Wildman–Crippen LogP) is 11.3. The molecule has 0 atom stereocenters. The molecule has 0 saturated carbocycles. The van der Waals surface area contributed by atoms with Crippen LogP contribution in [0.3, 0.4) is 0 Å². The van der Waals surface area contributed by atoms with Crippen molar-refractivity contribution in [1.82, 2.24) is 29.4 Å². The molecule has 58 heavy (non-hydrogen) atoms. The average molecular weight is 940 g/mol. The zero-order valence-corrected chi connectivity index (χ0v) is 35.8. The maximum atomic E-state index is 6.89. The quantitative estimate of drug-likeness (QED) is 0.147. The third-order valence-corrected chi connectivity index (χ3v) is 10.3. The van der Waals surface area contributed by atoms with Crippen molar-refractivity contribution in [2.24, 2.45) is 0 Å². The summed E-state index contributed by atoms with van der Waals surface area (Å²) in [6, 6.07) is 42.6. The maximum absolute atomic E-state index is 6.89. The first kappa shape index (κ1) is 38.7. The molecule has 0 unspecified atom stereocenters. The van der Waals surface area contributed by atoms with Gasteiger partial charge in [0.25, 0.3) is 0 Å². The number of benzene rings is 5. The SMILES string of the molecule is Cc1ccc(-c2nc(-c3ccc(C)cc3)nc(-c3cc4c5cc(C(C)(C)C)ccc5n(-c5cc(C)ccn5)c4[c-]c3Oc3[c-]c(N4C=CN(C)[CH-]4)ccc3)n2)cc1.[Pt]. The average Bonchev–Trinajstić information content (AvgIpc) is 3.78. The summed E-state index contributed by atoms with van der Waals surface area (Å²) < 4.78 is 9.06. The van der Waals surface area contributed by atoms with Gasteiger partial charge in [0.15, 0.2) is 11.6 Å². The minimum absolute atomic E-state index is 0. The molecule has 5 aromatic carbocycles. The zero-order chi connectivity index (χ0) is 39.4. The smallest absolute Gasteiger partial charge is 0.162 e. The van der Waals surface area contributed by atoms with Crippen LogP contribution >= 0.6 is 0 Å². The third-order valence-electron chi connectivity index (χ3n) is 10.3. The van der Waals surface area contributed by atoms with E-state index in [1.807, 2.05) is 66.4 Å². The monoisotopic (exact) mass is 939 g/mol. The van der Waals surface area contributed by atoms with Gasteiger partial charge in [0.2, 0.25) is 0 Å². The van der Waals surface area contributed by atoms with Crippen LogP contribution in [-0.2, 0) is 26.5 Å². The second-order valence-electron chi connectivity index (χ2n) is 15.8. The summed E-state index contributed by atoms with van der Waals surface area (Å²) in [5, 5.41) is 2.05. The first-order chi connectivity index (χ1) is 27.5. The standard InChI is InChI=1S/C49H42N7O.Pt/c1-31-11-15-34(16-12-31)46-51-47(35-17-13-32(2)14-18-35)53-48(52-46)41-28-40-39-26-36(49(4,5)6)19-20-42(39)56(45-25-33(3)21-22-50-45)43(40)29-44(41)57-38-10-8-9-37(27-38)55-24-23-54(7)30-55;/h8-26,28,30H,1-7H3;/q-3;. The minimum Gasteiger partial charge on any atom is -0.510 e. The summed E-state index contributed by atoms with van der Waals surface area (Å²) in [4.78, 5) is 24.2. The van der Waals surface area contributed by atoms with Crippen molar-refractivity contribution in [2.45, 2.75) is 47.0 Å². The van der Waals surface area contributed by atoms with Crippen LogP contribution in [0, 0.1) is 39.6 Å². The van der Waals surface area contributed by atoms with E-state index in [0.29, 0.717) is 34.5 Å². The Bertz CT molecular complexity index is 2770. The number of hydrogen-bond acceptors (Lipinski definition) is 7. The summed E-state index contributed by atoms with van der Waals surface area (Å²) in [5.74, 6) is 3.39. The Labute approximate surface area is 354 Å². The number of fused-ring (bicyclic) bond motifs is 3. The topological polar surface area (TPSA) is 72.2 Å². The second-order valence-corrected chi connectivity index (χ2v) is 15.8. The van der Waals surface area contributed by atoms with Gasteiger partial charge in [-0.05, 0) is 85.9 Å². The predicted molar refractivity (Wildman–Crippen MR) is 229 cm³/mol. The fourth-order valence-electron chi connectivity index (χ4n) is 7.07. The summed E-state index contributed by atoms with van der Waals surface area (Å²) in [5.41, 5.74) is 9.71. The molecule has 0 radical (unpaired) electrons. The molecule has 0 fully saturated rings. The molecule has 9 rings (SSSR count). The summed E-state index contributed by atoms with van der Waals surface area (Å²) in [7, 11) is 1.99. The maximum Gasteiger partial charge on any atom is 0.162 e. The van der Waals surface area contributed by atoms with Gasteiger partial charge in [-0.25, -0.2) is 19.9 Å². The Balaban J connectivity index is 0.00000469. The molecule has 8 nitrogen and oxygen atoms in total. The van der Waals surface area contributed by atoms with Crippen molar-refractivity contribution in [3.8, 4) is 51.5 Å². The molecular formula is C49H42N7OPt-3. The van der Waals surface area contributed by atoms with E-state index in [1.165, 1.54) is 5.56 Å². The van der Waals surface area contributed by atoms with Gasteiger partial charge in [-0.1, -0.05) is 98.1 Å². The molecule has 4 heterocycles. The number of hydrogen-bond donors (Lipinski definition) is 0. The molecule has 292 valence electrons. The van der Waals surface area contributed by atoms with E-state index >= 15 is 0 Å². The van der Waals surface area contributed by atoms with Crippen LogP contribution in [0.15, 0.2) is 122 Å². The first-order valence-electron chi connectivity index (χ1n) is 19.1. The molecule has 0 saturated heterocycles. The van der Waals surface area contributed by atoms with Crippen molar-refractivity contribution >= 4 is 27.5 Å². The Morgan fingerprint density at radius 3 is 1.97 bits per heavy atom. The summed E-state index contributed by atoms with van der Waals surface area (Å²) in [6.45, 7) is 14.9. The number of anilines is 1. The van der Waals surface area contributed by atoms with Gasteiger partial charge in [0.05, 0.1) is 0 Å². The molecule has 9 heteroatoms. The van der Waals surface area contributed by atoms with Crippen LogP contribution in [0.4, 0.5) is 5.69 Å². The number of aryl methyl sites for hydroxylation is 3. The number of aromatic nitrogens is 5. The van der Waals surface area contributed by atoms with Crippen LogP contribution < -0.4 is 9.64 Å². The molecule has 8 aromatic rings. The number of rotatable bonds is 7. The van der Waals surface area contributed by atoms with E-state index in [0.717, 1.165) is 61.1 Å². The largest absolute Gasteiger partial charge is 0.510 e. The normalized spacial score (nSPS) is 12.7. The van der Waals surface area contributed by atoms with Gasteiger partial charge in [-0.3, -0.25) is 0 Å². The summed E-state index contributed by atoms with van der Waals surface area (Å²) in [6.07, 6.45) is 5.83. The van der Waals surface area contributed by atoms with E-state index in [2.05, 4.69) is 137 Å². The van der Waals surface area contributed by atoms with Crippen molar-refractivity contribution in [3.05, 3.63) is 163 Å². The third kappa shape index (κ3) is 7.52. The molecule has 0 bridgehead atoms. The minimum atomic E-state index is -0.0719. The van der Waals surface area contributed by atoms with Gasteiger partial charge in [0.1, 0.15) is 11.6 Å². The van der Waals surface area contributed by atoms with Crippen LogP contribution in [0.1, 0.15) is 43.0 Å². The van der Waals surface area contributed by atoms with Crippen LogP contribution in [0.25, 0.3) is 61.8 Å². The fourth-order valence-corrected chi connectivity index (χ4v) is 7.07. The van der Waals surface area contributed by atoms with Crippen molar-refractivity contribution in [2.75, 3.05) is 11.9 Å². The van der Waals surface area contributed by atoms with E-state index in [1.54, 1.807) is 0 Å². The van der Waals surface area contributed by atoms with Crippen LogP contribution in [0.5, 0.6) is 11.5 Å². The van der Waals surface area contributed by atoms with Crippen LogP contribution in [-0.4, -0.2) is 36.5 Å². The van der Waals surface area contributed by atoms with E-state index in [-0.39, 0.29) is 26.5 Å². The molecule has 0 N–H and O–H groups in total. The molecule has 1 aliphatic heterocycles. The molecule has 1 aliphatic rings. The van der Waals surface area contributed by atoms with Gasteiger partial charge < -0.3 is 19.1 Å². The Kier molecular flexibility index (Phi) is 10.2. The van der Waals surface area contributed by atoms with Gasteiger partial charge in [-0.15, -0.1) is 41.4 Å². The Morgan fingerprint density at radius 2 is 1.34 bits per heavy atom. The van der Waals surface area contributed by atoms with E-state index < -0.39 is 0 Å². The molecular weight excluding hydrogens is 898 g/mol. The summed E-state index contributed by atoms with van der Waals surface area (Å²) >= 11 is 0. The molecule has 0 aliphatic carbocycles. The van der Waals surface area contributed by atoms with E-state index in [4.69, 9.17) is 24.7 Å². The second kappa shape index (κ2) is 15.3. The first-order valence-corrected chi connectivity index (χ1v) is 19.1. The van der Waals surface area contributed by atoms with Crippen molar-refractivity contribution in [1.29, 1.82) is 0 Å². The van der Waals surface area contributed by atoms with Crippen molar-refractivity contribution in [3.63, 3.8) is 0 Å². The van der Waals surface area contributed by atoms with Gasteiger partial charge >= 0.3 is 0 Å². The van der Waals surface area contributed by atoms with Crippen molar-refractivity contribution < 1.29 is 25.8 Å². The van der Waals surface area contributed by atoms with Crippen LogP contribution in [0.2, 0.25) is 0 Å². The van der Waals surface area contributed by atoms with Gasteiger partial charge in [-0.2, -0.15) is 12.7 Å². The Morgan fingerprint density at radius 1 is 0.672 bits per heavy atom. The number of nitrogens with zero attached hydrogens (tertiary/aromatic N) is 7. The van der Waals surface area contributed by atoms with E-state index in [9.17, 15) is 0 Å². The zero-order valence-electron chi connectivity index (χ0n) is 33.5. The number of pyridine rings is 1. The molecule has 0 spiro atoms. The van der Waals surface area contributed by atoms with Gasteiger partial charge in [0, 0.05) is 55.4 Å². The molecule has 0 amide bonds. The Hall–Kier alpha value is -6.11.